The molecule has 6 nitrogen and oxygen atoms in total. The smallest absolute Gasteiger partial charge is 0.243 e. The monoisotopic (exact) mass is 326 g/mol. The minimum absolute atomic E-state index is 0.106. The Bertz CT molecular complexity index is 627. The molecule has 1 aromatic rings. The summed E-state index contributed by atoms with van der Waals surface area (Å²) in [5.41, 5.74) is 0.859. The summed E-state index contributed by atoms with van der Waals surface area (Å²) in [6.45, 7) is 6.30. The molecule has 0 radical (unpaired) electrons. The summed E-state index contributed by atoms with van der Waals surface area (Å²) in [5, 5.41) is 2.68. The van der Waals surface area contributed by atoms with Gasteiger partial charge in [-0.1, -0.05) is 12.1 Å². The van der Waals surface area contributed by atoms with Gasteiger partial charge in [-0.15, -0.1) is 0 Å². The van der Waals surface area contributed by atoms with Crippen molar-refractivity contribution >= 4 is 15.9 Å². The van der Waals surface area contributed by atoms with Crippen LogP contribution in [0.2, 0.25) is 0 Å². The second kappa shape index (κ2) is 6.76. The number of benzene rings is 1. The fraction of sp³-hybridized carbons (Fsp3) is 0.533. The SMILES string of the molecule is CC(=O)NCc1ccc(S(=O)(=O)N2CC(C)OCC2C)cc1. The van der Waals surface area contributed by atoms with Crippen LogP contribution in [-0.4, -0.2) is 43.9 Å². The van der Waals surface area contributed by atoms with E-state index in [0.717, 1.165) is 5.56 Å². The van der Waals surface area contributed by atoms with Crippen LogP contribution in [0.25, 0.3) is 0 Å². The molecule has 0 aliphatic carbocycles. The highest BCUT2D eigenvalue weighted by atomic mass is 32.2. The van der Waals surface area contributed by atoms with Gasteiger partial charge in [0.05, 0.1) is 17.6 Å². The Hall–Kier alpha value is -1.44. The lowest BCUT2D eigenvalue weighted by atomic mass is 10.2. The topological polar surface area (TPSA) is 75.7 Å². The number of hydrogen-bond acceptors (Lipinski definition) is 4. The van der Waals surface area contributed by atoms with Gasteiger partial charge in [-0.3, -0.25) is 4.79 Å². The van der Waals surface area contributed by atoms with Crippen LogP contribution in [0.1, 0.15) is 26.3 Å². The highest BCUT2D eigenvalue weighted by Gasteiger charge is 2.33. The third-order valence-corrected chi connectivity index (χ3v) is 5.62. The molecule has 1 N–H and O–H groups in total. The first-order chi connectivity index (χ1) is 10.3. The van der Waals surface area contributed by atoms with Gasteiger partial charge in [-0.05, 0) is 31.5 Å². The Kier molecular flexibility index (Phi) is 5.20. The number of amides is 1. The van der Waals surface area contributed by atoms with Crippen molar-refractivity contribution in [3.63, 3.8) is 0 Å². The molecule has 0 saturated carbocycles. The van der Waals surface area contributed by atoms with Crippen LogP contribution in [0.5, 0.6) is 0 Å². The van der Waals surface area contributed by atoms with Gasteiger partial charge < -0.3 is 10.1 Å². The molecule has 1 aliphatic rings. The lowest BCUT2D eigenvalue weighted by Crippen LogP contribution is -2.50. The first-order valence-corrected chi connectivity index (χ1v) is 8.71. The highest BCUT2D eigenvalue weighted by Crippen LogP contribution is 2.22. The maximum Gasteiger partial charge on any atom is 0.243 e. The molecule has 2 rings (SSSR count). The summed E-state index contributed by atoms with van der Waals surface area (Å²) in [5.74, 6) is -0.118. The van der Waals surface area contributed by atoms with E-state index >= 15 is 0 Å². The average Bonchev–Trinajstić information content (AvgIpc) is 2.48. The van der Waals surface area contributed by atoms with E-state index in [1.807, 2.05) is 13.8 Å². The van der Waals surface area contributed by atoms with Crippen LogP contribution < -0.4 is 5.32 Å². The van der Waals surface area contributed by atoms with Crippen molar-refractivity contribution in [3.8, 4) is 0 Å². The molecule has 122 valence electrons. The predicted molar refractivity (Wildman–Crippen MR) is 82.7 cm³/mol. The van der Waals surface area contributed by atoms with Crippen LogP contribution in [0, 0.1) is 0 Å². The molecule has 0 aromatic heterocycles. The third-order valence-electron chi connectivity index (χ3n) is 3.62. The summed E-state index contributed by atoms with van der Waals surface area (Å²) in [6, 6.07) is 6.42. The largest absolute Gasteiger partial charge is 0.375 e. The third kappa shape index (κ3) is 3.85. The number of carbonyl (C=O) groups excluding carboxylic acids is 1. The van der Waals surface area contributed by atoms with Gasteiger partial charge in [0.25, 0.3) is 0 Å². The molecule has 0 bridgehead atoms. The summed E-state index contributed by atoms with van der Waals surface area (Å²) < 4.78 is 32.4. The van der Waals surface area contributed by atoms with E-state index in [2.05, 4.69) is 5.32 Å². The van der Waals surface area contributed by atoms with Crippen LogP contribution in [-0.2, 0) is 26.1 Å². The highest BCUT2D eigenvalue weighted by molar-refractivity contribution is 7.89. The summed E-state index contributed by atoms with van der Waals surface area (Å²) in [7, 11) is -3.53. The van der Waals surface area contributed by atoms with Crippen molar-refractivity contribution in [2.75, 3.05) is 13.2 Å². The first kappa shape index (κ1) is 16.9. The van der Waals surface area contributed by atoms with E-state index in [4.69, 9.17) is 4.74 Å². The van der Waals surface area contributed by atoms with Gasteiger partial charge in [-0.25, -0.2) is 8.42 Å². The summed E-state index contributed by atoms with van der Waals surface area (Å²) >= 11 is 0. The molecule has 1 aromatic carbocycles. The van der Waals surface area contributed by atoms with E-state index in [-0.39, 0.29) is 22.9 Å². The number of ether oxygens (including phenoxy) is 1. The van der Waals surface area contributed by atoms with Gasteiger partial charge in [0.2, 0.25) is 15.9 Å². The molecule has 7 heteroatoms. The minimum atomic E-state index is -3.53. The molecule has 1 heterocycles. The number of carbonyl (C=O) groups is 1. The van der Waals surface area contributed by atoms with Gasteiger partial charge >= 0.3 is 0 Å². The number of nitrogens with zero attached hydrogens (tertiary/aromatic N) is 1. The van der Waals surface area contributed by atoms with E-state index < -0.39 is 10.0 Å². The van der Waals surface area contributed by atoms with Gasteiger partial charge in [0.15, 0.2) is 0 Å². The van der Waals surface area contributed by atoms with Crippen molar-refractivity contribution in [3.05, 3.63) is 29.8 Å². The summed E-state index contributed by atoms with van der Waals surface area (Å²) in [6.07, 6.45) is -0.106. The molecule has 1 aliphatic heterocycles. The van der Waals surface area contributed by atoms with Crippen molar-refractivity contribution in [1.82, 2.24) is 9.62 Å². The Balaban J connectivity index is 2.17. The molecule has 1 fully saturated rings. The fourth-order valence-electron chi connectivity index (χ4n) is 2.35. The van der Waals surface area contributed by atoms with Crippen molar-refractivity contribution in [2.24, 2.45) is 0 Å². The quantitative estimate of drug-likeness (QED) is 0.900. The van der Waals surface area contributed by atoms with E-state index in [0.29, 0.717) is 19.7 Å². The van der Waals surface area contributed by atoms with E-state index in [1.165, 1.54) is 11.2 Å². The van der Waals surface area contributed by atoms with Crippen molar-refractivity contribution in [1.29, 1.82) is 0 Å². The van der Waals surface area contributed by atoms with Crippen LogP contribution in [0.4, 0.5) is 0 Å². The molecule has 22 heavy (non-hydrogen) atoms. The molecular formula is C15H22N2O4S. The van der Waals surface area contributed by atoms with Crippen molar-refractivity contribution < 1.29 is 17.9 Å². The number of nitrogens with one attached hydrogen (secondary N) is 1. The zero-order valence-corrected chi connectivity index (χ0v) is 13.9. The summed E-state index contributed by atoms with van der Waals surface area (Å²) in [4.78, 5) is 11.2. The second-order valence-corrected chi connectivity index (χ2v) is 7.51. The van der Waals surface area contributed by atoms with Gasteiger partial charge in [0.1, 0.15) is 0 Å². The second-order valence-electron chi connectivity index (χ2n) is 5.62. The van der Waals surface area contributed by atoms with Gasteiger partial charge in [-0.2, -0.15) is 4.31 Å². The number of rotatable bonds is 4. The first-order valence-electron chi connectivity index (χ1n) is 7.27. The Morgan fingerprint density at radius 3 is 2.55 bits per heavy atom. The van der Waals surface area contributed by atoms with Crippen LogP contribution >= 0.6 is 0 Å². The lowest BCUT2D eigenvalue weighted by molar-refractivity contribution is -0.119. The predicted octanol–water partition coefficient (Wildman–Crippen LogP) is 1.12. The average molecular weight is 326 g/mol. The Labute approximate surface area is 131 Å². The number of hydrogen-bond donors (Lipinski definition) is 1. The fourth-order valence-corrected chi connectivity index (χ4v) is 4.04. The maximum absolute atomic E-state index is 12.7. The van der Waals surface area contributed by atoms with E-state index in [9.17, 15) is 13.2 Å². The molecule has 2 atom stereocenters. The molecule has 2 unspecified atom stereocenters. The normalized spacial score (nSPS) is 23.2. The van der Waals surface area contributed by atoms with Gasteiger partial charge in [0, 0.05) is 26.1 Å². The maximum atomic E-state index is 12.7. The molecule has 1 amide bonds. The van der Waals surface area contributed by atoms with Crippen molar-refractivity contribution in [2.45, 2.75) is 44.4 Å². The van der Waals surface area contributed by atoms with Crippen LogP contribution in [0.15, 0.2) is 29.2 Å². The number of morpholine rings is 1. The molecule has 1 saturated heterocycles. The zero-order valence-electron chi connectivity index (χ0n) is 13.1. The van der Waals surface area contributed by atoms with Crippen LogP contribution in [0.3, 0.4) is 0 Å². The Morgan fingerprint density at radius 1 is 1.32 bits per heavy atom. The lowest BCUT2D eigenvalue weighted by Gasteiger charge is -2.35. The molecular weight excluding hydrogens is 304 g/mol. The Morgan fingerprint density at radius 2 is 1.95 bits per heavy atom. The standard InChI is InChI=1S/C15H22N2O4S/c1-11-10-21-12(2)9-17(11)22(19,20)15-6-4-14(5-7-15)8-16-13(3)18/h4-7,11-12H,8-10H2,1-3H3,(H,16,18). The minimum Gasteiger partial charge on any atom is -0.375 e. The number of sulfonamides is 1. The molecule has 0 spiro atoms. The van der Waals surface area contributed by atoms with E-state index in [1.54, 1.807) is 24.3 Å². The zero-order chi connectivity index (χ0) is 16.3.